The fourth-order valence-electron chi connectivity index (χ4n) is 4.07. The van der Waals surface area contributed by atoms with Crippen LogP contribution in [-0.4, -0.2) is 31.8 Å². The maximum Gasteiger partial charge on any atom is 0.191 e. The molecule has 0 heterocycles. The second kappa shape index (κ2) is 12.5. The second-order valence-electron chi connectivity index (χ2n) is 10.7. The molecule has 2 rings (SSSR count). The zero-order valence-corrected chi connectivity index (χ0v) is 23.5. The highest BCUT2D eigenvalue weighted by Gasteiger charge is 2.42. The molecule has 0 aromatic heterocycles. The first kappa shape index (κ1) is 28.0. The monoisotopic (exact) mass is 488 g/mol. The topological polar surface area (TPSA) is 46.5 Å². The third-order valence-electron chi connectivity index (χ3n) is 7.23. The summed E-state index contributed by atoms with van der Waals surface area (Å²) in [7, 11) is -5.01. The Morgan fingerprint density at radius 1 is 0.879 bits per heavy atom. The second-order valence-corrected chi connectivity index (χ2v) is 18.5. The van der Waals surface area contributed by atoms with Crippen molar-refractivity contribution < 1.29 is 14.1 Å². The van der Waals surface area contributed by atoms with Crippen LogP contribution in [0.1, 0.15) is 66.2 Å². The molecule has 0 bridgehead atoms. The molecule has 3 nitrogen and oxygen atoms in total. The zero-order valence-electron chi connectivity index (χ0n) is 21.6. The van der Waals surface area contributed by atoms with E-state index < -0.39 is 21.6 Å². The molecule has 0 saturated carbocycles. The Morgan fingerprint density at radius 3 is 1.85 bits per heavy atom. The van der Waals surface area contributed by atoms with Crippen molar-refractivity contribution in [1.29, 1.82) is 0 Å². The Morgan fingerprint density at radius 2 is 1.39 bits per heavy atom. The predicted molar refractivity (Wildman–Crippen MR) is 146 cm³/mol. The van der Waals surface area contributed by atoms with E-state index in [4.69, 9.17) is 4.43 Å². The number of unbranched alkanes of at least 4 members (excludes halogenated alkanes) is 3. The summed E-state index contributed by atoms with van der Waals surface area (Å²) in [6.07, 6.45) is 5.01. The van der Waals surface area contributed by atoms with Gasteiger partial charge in [0.2, 0.25) is 0 Å². The van der Waals surface area contributed by atoms with Crippen LogP contribution in [0.3, 0.4) is 0 Å². The van der Waals surface area contributed by atoms with Crippen molar-refractivity contribution >= 4 is 26.1 Å². The maximum atomic E-state index is 15.0. The summed E-state index contributed by atoms with van der Waals surface area (Å²) in [5, 5.41) is 13.2. The molecule has 0 unspecified atom stereocenters. The summed E-state index contributed by atoms with van der Waals surface area (Å²) in [5.74, 6) is 0. The maximum absolute atomic E-state index is 15.0. The highest BCUT2D eigenvalue weighted by atomic mass is 31.2. The summed E-state index contributed by atoms with van der Waals surface area (Å²) in [5.41, 5.74) is -0.367. The van der Waals surface area contributed by atoms with Gasteiger partial charge in [-0.15, -0.1) is 0 Å². The molecule has 184 valence electrons. The van der Waals surface area contributed by atoms with Crippen molar-refractivity contribution in [3.63, 3.8) is 0 Å². The normalized spacial score (nSPS) is 14.8. The molecule has 2 aromatic rings. The van der Waals surface area contributed by atoms with E-state index in [9.17, 15) is 9.67 Å². The van der Waals surface area contributed by atoms with Crippen molar-refractivity contribution in [2.45, 2.75) is 96.1 Å². The molecule has 0 aliphatic rings. The van der Waals surface area contributed by atoms with Crippen LogP contribution in [0.15, 0.2) is 60.7 Å². The number of hydrogen-bond acceptors (Lipinski definition) is 3. The lowest BCUT2D eigenvalue weighted by atomic mass is 10.1. The third-order valence-corrected chi connectivity index (χ3v) is 15.4. The van der Waals surface area contributed by atoms with Crippen LogP contribution in [0.2, 0.25) is 18.1 Å². The molecule has 5 heteroatoms. The lowest BCUT2D eigenvalue weighted by Gasteiger charge is -2.38. The van der Waals surface area contributed by atoms with Gasteiger partial charge in [0.15, 0.2) is 8.32 Å². The number of rotatable bonds is 13. The largest absolute Gasteiger partial charge is 0.417 e. The lowest BCUT2D eigenvalue weighted by Crippen LogP contribution is -2.42. The summed E-state index contributed by atoms with van der Waals surface area (Å²) in [6, 6.07) is 19.5. The van der Waals surface area contributed by atoms with Gasteiger partial charge in [-0.25, -0.2) is 0 Å². The van der Waals surface area contributed by atoms with Gasteiger partial charge < -0.3 is 14.1 Å². The molecule has 2 atom stereocenters. The molecule has 0 saturated heterocycles. The molecular weight excluding hydrogens is 443 g/mol. The molecule has 0 radical (unpaired) electrons. The van der Waals surface area contributed by atoms with Crippen LogP contribution >= 0.6 is 7.14 Å². The van der Waals surface area contributed by atoms with Crippen molar-refractivity contribution in [3.05, 3.63) is 60.7 Å². The van der Waals surface area contributed by atoms with Gasteiger partial charge >= 0.3 is 0 Å². The Kier molecular flexibility index (Phi) is 10.6. The molecule has 0 aliphatic heterocycles. The number of hydrogen-bond donors (Lipinski definition) is 1. The molecule has 2 aromatic carbocycles. The van der Waals surface area contributed by atoms with E-state index in [1.54, 1.807) is 0 Å². The number of benzene rings is 2. The van der Waals surface area contributed by atoms with Gasteiger partial charge in [-0.2, -0.15) is 0 Å². The van der Waals surface area contributed by atoms with Gasteiger partial charge in [0.05, 0.1) is 6.10 Å². The third kappa shape index (κ3) is 7.39. The number of aliphatic hydroxyl groups excluding tert-OH is 1. The summed E-state index contributed by atoms with van der Waals surface area (Å²) in [4.78, 5) is 0. The van der Waals surface area contributed by atoms with Crippen molar-refractivity contribution in [3.8, 4) is 0 Å². The van der Waals surface area contributed by atoms with Gasteiger partial charge in [-0.3, -0.25) is 0 Å². The fourth-order valence-corrected chi connectivity index (χ4v) is 8.53. The van der Waals surface area contributed by atoms with E-state index in [2.05, 4.69) is 40.8 Å². The van der Waals surface area contributed by atoms with Crippen molar-refractivity contribution in [2.75, 3.05) is 6.61 Å². The van der Waals surface area contributed by atoms with E-state index in [1.807, 2.05) is 60.7 Å². The van der Waals surface area contributed by atoms with Crippen molar-refractivity contribution in [1.82, 2.24) is 0 Å². The minimum Gasteiger partial charge on any atom is -0.417 e. The summed E-state index contributed by atoms with van der Waals surface area (Å²) in [6.45, 7) is 13.9. The quantitative estimate of drug-likeness (QED) is 0.186. The standard InChI is InChI=1S/C28H45O3PSi/c1-7-8-9-16-21-26(29)27(22-23-31-33(5,6)28(2,3)4)32(30,24-17-12-10-13-18-24)25-19-14-11-15-20-25/h10-15,17-20,26-27,29H,7-9,16,21-23H2,1-6H3/t26-,27+/m1/s1. The Bertz CT molecular complexity index is 818. The Balaban J connectivity index is 2.40. The van der Waals surface area contributed by atoms with E-state index in [-0.39, 0.29) is 10.7 Å². The average molecular weight is 489 g/mol. The highest BCUT2D eigenvalue weighted by molar-refractivity contribution is 7.79. The zero-order chi connectivity index (χ0) is 24.5. The molecule has 0 fully saturated rings. The minimum absolute atomic E-state index is 0.115. The predicted octanol–water partition coefficient (Wildman–Crippen LogP) is 7.11. The highest BCUT2D eigenvalue weighted by Crippen LogP contribution is 2.52. The molecular formula is C28H45O3PSi. The first-order valence-corrected chi connectivity index (χ1v) is 17.3. The Labute approximate surface area is 203 Å². The van der Waals surface area contributed by atoms with Gasteiger partial charge in [0.25, 0.3) is 0 Å². The van der Waals surface area contributed by atoms with Crippen LogP contribution in [0.5, 0.6) is 0 Å². The average Bonchev–Trinajstić information content (AvgIpc) is 2.79. The summed E-state index contributed by atoms with van der Waals surface area (Å²) < 4.78 is 21.5. The van der Waals surface area contributed by atoms with Gasteiger partial charge in [-0.05, 0) is 31.0 Å². The van der Waals surface area contributed by atoms with Crippen LogP contribution in [0.4, 0.5) is 0 Å². The lowest BCUT2D eigenvalue weighted by molar-refractivity contribution is 0.141. The van der Waals surface area contributed by atoms with Gasteiger partial charge in [0.1, 0.15) is 7.14 Å². The molecule has 0 spiro atoms. The first-order valence-electron chi connectivity index (χ1n) is 12.6. The molecule has 0 amide bonds. The van der Waals surface area contributed by atoms with Crippen molar-refractivity contribution in [2.24, 2.45) is 0 Å². The van der Waals surface area contributed by atoms with Gasteiger partial charge in [-0.1, -0.05) is 114 Å². The summed E-state index contributed by atoms with van der Waals surface area (Å²) >= 11 is 0. The molecule has 33 heavy (non-hydrogen) atoms. The van der Waals surface area contributed by atoms with E-state index in [0.717, 1.165) is 29.9 Å². The fraction of sp³-hybridized carbons (Fsp3) is 0.571. The number of aliphatic hydroxyl groups is 1. The van der Waals surface area contributed by atoms with Crippen LogP contribution in [0.25, 0.3) is 0 Å². The van der Waals surface area contributed by atoms with E-state index in [0.29, 0.717) is 19.4 Å². The smallest absolute Gasteiger partial charge is 0.191 e. The van der Waals surface area contributed by atoms with E-state index >= 15 is 0 Å². The first-order chi connectivity index (χ1) is 15.5. The van der Waals surface area contributed by atoms with Crippen LogP contribution < -0.4 is 10.6 Å². The Hall–Kier alpha value is -1.19. The SMILES string of the molecule is CCCCCC[C@@H](O)[C@H](CCO[Si](C)(C)C(C)(C)C)P(=O)(c1ccccc1)c1ccccc1. The van der Waals surface area contributed by atoms with Crippen LogP contribution in [-0.2, 0) is 8.99 Å². The molecule has 1 N–H and O–H groups in total. The van der Waals surface area contributed by atoms with E-state index in [1.165, 1.54) is 6.42 Å². The minimum atomic E-state index is -3.08. The molecule has 0 aliphatic carbocycles. The van der Waals surface area contributed by atoms with Crippen LogP contribution in [0, 0.1) is 0 Å². The van der Waals surface area contributed by atoms with Gasteiger partial charge in [0, 0.05) is 22.9 Å².